The Balaban J connectivity index is 0.000000141. The highest BCUT2D eigenvalue weighted by atomic mass is 35.5. The van der Waals surface area contributed by atoms with E-state index in [4.69, 9.17) is 16.7 Å². The molecule has 0 fully saturated rings. The zero-order valence-electron chi connectivity index (χ0n) is 9.03. The van der Waals surface area contributed by atoms with Gasteiger partial charge in [-0.15, -0.1) is 0 Å². The molecule has 1 heterocycles. The molecule has 1 aromatic heterocycles. The lowest BCUT2D eigenvalue weighted by atomic mass is 10.3. The number of hydrogen-bond acceptors (Lipinski definition) is 3. The largest absolute Gasteiger partial charge is 0.477 e. The highest BCUT2D eigenvalue weighted by molar-refractivity contribution is 7.17. The Morgan fingerprint density at radius 2 is 2.05 bits per heavy atom. The maximum Gasteiger partial charge on any atom is 0.417 e. The summed E-state index contributed by atoms with van der Waals surface area (Å²) in [6, 6.07) is 4.13. The molecule has 0 atom stereocenters. The van der Waals surface area contributed by atoms with Crippen LogP contribution in [-0.4, -0.2) is 16.1 Å². The maximum absolute atomic E-state index is 11.9. The van der Waals surface area contributed by atoms with E-state index in [0.29, 0.717) is 5.56 Å². The maximum atomic E-state index is 11.9. The van der Waals surface area contributed by atoms with Crippen LogP contribution in [0.15, 0.2) is 24.4 Å². The van der Waals surface area contributed by atoms with Crippen LogP contribution in [0.25, 0.3) is 11.1 Å². The van der Waals surface area contributed by atoms with Gasteiger partial charge in [0.15, 0.2) is 4.47 Å². The molecule has 0 unspecified atom stereocenters. The van der Waals surface area contributed by atoms with Crippen molar-refractivity contribution in [1.29, 1.82) is 0 Å². The highest BCUT2D eigenvalue weighted by Crippen LogP contribution is 2.45. The van der Waals surface area contributed by atoms with Crippen molar-refractivity contribution < 1.29 is 23.1 Å². The standard InChI is InChI=1S/C7H3F3.C4H2ClNO2S/c8-7(9,10)6-2-1-4-3-5(4)6;5-4-6-1-2(9-4)3(7)8/h1-3H;1H,(H,7,8). The molecule has 0 amide bonds. The molecule has 0 saturated carbocycles. The number of rotatable bonds is 1. The summed E-state index contributed by atoms with van der Waals surface area (Å²) in [7, 11) is 0. The number of nitrogens with zero attached hydrogens (tertiary/aromatic N) is 1. The van der Waals surface area contributed by atoms with Crippen molar-refractivity contribution in [2.45, 2.75) is 6.18 Å². The summed E-state index contributed by atoms with van der Waals surface area (Å²) in [6.07, 6.45) is -2.93. The van der Waals surface area contributed by atoms with E-state index in [-0.39, 0.29) is 9.34 Å². The molecule has 1 aromatic rings. The van der Waals surface area contributed by atoms with Gasteiger partial charge in [-0.25, -0.2) is 9.78 Å². The number of fused-ring (bicyclic) bond motifs is 1. The molecular weight excluding hydrogens is 303 g/mol. The molecule has 2 aliphatic carbocycles. The van der Waals surface area contributed by atoms with Gasteiger partial charge >= 0.3 is 12.1 Å². The van der Waals surface area contributed by atoms with E-state index in [1.807, 2.05) is 0 Å². The number of halogens is 4. The second-order valence-corrected chi connectivity index (χ2v) is 5.15. The van der Waals surface area contributed by atoms with Crippen LogP contribution >= 0.6 is 22.9 Å². The topological polar surface area (TPSA) is 50.2 Å². The zero-order valence-corrected chi connectivity index (χ0v) is 10.6. The first-order chi connectivity index (χ1) is 8.79. The number of carbonyl (C=O) groups is 1. The van der Waals surface area contributed by atoms with Gasteiger partial charge in [-0.2, -0.15) is 13.2 Å². The van der Waals surface area contributed by atoms with Gasteiger partial charge in [0.1, 0.15) is 4.88 Å². The number of thiazole rings is 1. The van der Waals surface area contributed by atoms with E-state index in [1.54, 1.807) is 0 Å². The van der Waals surface area contributed by atoms with E-state index in [1.165, 1.54) is 18.3 Å². The summed E-state index contributed by atoms with van der Waals surface area (Å²) in [4.78, 5) is 13.8. The predicted octanol–water partition coefficient (Wildman–Crippen LogP) is 4.18. The Kier molecular flexibility index (Phi) is 3.51. The molecule has 0 radical (unpaired) electrons. The molecule has 0 aliphatic heterocycles. The lowest BCUT2D eigenvalue weighted by Crippen LogP contribution is -2.02. The lowest BCUT2D eigenvalue weighted by Gasteiger charge is -2.01. The van der Waals surface area contributed by atoms with Crippen LogP contribution in [0.4, 0.5) is 13.2 Å². The summed E-state index contributed by atoms with van der Waals surface area (Å²) in [5.74, 6) is -0.987. The number of aromatic nitrogens is 1. The molecule has 0 aromatic carbocycles. The van der Waals surface area contributed by atoms with E-state index in [2.05, 4.69) is 4.98 Å². The molecule has 0 bridgehead atoms. The molecule has 1 N–H and O–H groups in total. The van der Waals surface area contributed by atoms with E-state index in [9.17, 15) is 18.0 Å². The number of benzene rings is 1. The number of hydrogen-bond donors (Lipinski definition) is 1. The Morgan fingerprint density at radius 3 is 2.26 bits per heavy atom. The lowest BCUT2D eigenvalue weighted by molar-refractivity contribution is -0.136. The Morgan fingerprint density at radius 1 is 1.37 bits per heavy atom. The van der Waals surface area contributed by atoms with Gasteiger partial charge in [-0.1, -0.05) is 29.0 Å². The fraction of sp³-hybridized carbons (Fsp3) is 0.0909. The van der Waals surface area contributed by atoms with Crippen molar-refractivity contribution in [3.8, 4) is 11.1 Å². The van der Waals surface area contributed by atoms with E-state index < -0.39 is 17.7 Å². The third kappa shape index (κ3) is 3.24. The molecule has 0 spiro atoms. The Hall–Kier alpha value is -1.60. The molecule has 8 heteroatoms. The number of alkyl halides is 3. The fourth-order valence-corrected chi connectivity index (χ4v) is 2.13. The van der Waals surface area contributed by atoms with Crippen molar-refractivity contribution in [3.63, 3.8) is 0 Å². The summed E-state index contributed by atoms with van der Waals surface area (Å²) >= 11 is 6.30. The first kappa shape index (κ1) is 13.8. The van der Waals surface area contributed by atoms with Gasteiger partial charge in [0.2, 0.25) is 0 Å². The summed E-state index contributed by atoms with van der Waals surface area (Å²) < 4.78 is 35.9. The normalized spacial score (nSPS) is 11.6. The van der Waals surface area contributed by atoms with Gasteiger partial charge in [-0.3, -0.25) is 0 Å². The van der Waals surface area contributed by atoms with Crippen LogP contribution in [0.2, 0.25) is 4.47 Å². The van der Waals surface area contributed by atoms with E-state index >= 15 is 0 Å². The molecular formula is C11H5ClF3NO2S. The van der Waals surface area contributed by atoms with Crippen molar-refractivity contribution in [3.05, 3.63) is 39.3 Å². The third-order valence-corrected chi connectivity index (χ3v) is 3.34. The van der Waals surface area contributed by atoms with Gasteiger partial charge in [0.05, 0.1) is 11.8 Å². The van der Waals surface area contributed by atoms with Crippen LogP contribution in [0.5, 0.6) is 0 Å². The van der Waals surface area contributed by atoms with Gasteiger partial charge in [0.25, 0.3) is 0 Å². The fourth-order valence-electron chi connectivity index (χ4n) is 1.35. The van der Waals surface area contributed by atoms with Gasteiger partial charge < -0.3 is 5.11 Å². The minimum absolute atomic E-state index is 0.167. The monoisotopic (exact) mass is 307 g/mol. The smallest absolute Gasteiger partial charge is 0.417 e. The number of carboxylic acids is 1. The second kappa shape index (κ2) is 4.82. The zero-order chi connectivity index (χ0) is 14.2. The molecule has 19 heavy (non-hydrogen) atoms. The average molecular weight is 308 g/mol. The van der Waals surface area contributed by atoms with Crippen LogP contribution in [0.1, 0.15) is 15.2 Å². The number of carboxylic acid groups (broad SMARTS) is 1. The number of aromatic carboxylic acids is 1. The van der Waals surface area contributed by atoms with Crippen molar-refractivity contribution in [1.82, 2.24) is 4.98 Å². The van der Waals surface area contributed by atoms with Crippen molar-refractivity contribution >= 4 is 28.9 Å². The quantitative estimate of drug-likeness (QED) is 0.733. The Labute approximate surface area is 114 Å². The van der Waals surface area contributed by atoms with Gasteiger partial charge in [-0.05, 0) is 23.3 Å². The molecule has 3 nitrogen and oxygen atoms in total. The highest BCUT2D eigenvalue weighted by Gasteiger charge is 2.37. The molecule has 3 rings (SSSR count). The average Bonchev–Trinajstić information content (AvgIpc) is 2.74. The summed E-state index contributed by atoms with van der Waals surface area (Å²) in [5, 5.41) is 8.31. The second-order valence-electron chi connectivity index (χ2n) is 3.54. The SMILES string of the molecule is FC(F)(F)c1ccc2cc1-2.O=C(O)c1cnc(Cl)s1. The van der Waals surface area contributed by atoms with Crippen LogP contribution in [-0.2, 0) is 6.18 Å². The summed E-state index contributed by atoms with van der Waals surface area (Å²) in [6.45, 7) is 0. The molecule has 0 saturated heterocycles. The van der Waals surface area contributed by atoms with Crippen molar-refractivity contribution in [2.75, 3.05) is 0 Å². The summed E-state index contributed by atoms with van der Waals surface area (Å²) in [5.41, 5.74) is 0.599. The minimum atomic E-state index is -4.17. The molecule has 100 valence electrons. The Bertz CT molecular complexity index is 639. The van der Waals surface area contributed by atoms with Crippen LogP contribution in [0, 0.1) is 0 Å². The minimum Gasteiger partial charge on any atom is -0.477 e. The van der Waals surface area contributed by atoms with Crippen LogP contribution < -0.4 is 0 Å². The van der Waals surface area contributed by atoms with E-state index in [0.717, 1.165) is 23.0 Å². The van der Waals surface area contributed by atoms with Crippen LogP contribution in [0.3, 0.4) is 0 Å². The first-order valence-electron chi connectivity index (χ1n) is 4.85. The molecule has 2 aliphatic rings. The first-order valence-corrected chi connectivity index (χ1v) is 6.04. The van der Waals surface area contributed by atoms with Crippen molar-refractivity contribution in [2.24, 2.45) is 0 Å². The van der Waals surface area contributed by atoms with Gasteiger partial charge in [0, 0.05) is 0 Å². The third-order valence-electron chi connectivity index (χ3n) is 2.24. The predicted molar refractivity (Wildman–Crippen MR) is 64.5 cm³/mol.